The molecule has 37 heavy (non-hydrogen) atoms. The number of anilines is 1. The van der Waals surface area contributed by atoms with Gasteiger partial charge in [-0.25, -0.2) is 4.99 Å². The van der Waals surface area contributed by atoms with Crippen LogP contribution in [0, 0.1) is 13.8 Å². The van der Waals surface area contributed by atoms with Crippen LogP contribution in [-0.4, -0.2) is 27.4 Å². The first kappa shape index (κ1) is 24.5. The Labute approximate surface area is 217 Å². The highest BCUT2D eigenvalue weighted by molar-refractivity contribution is 7.07. The number of ether oxygens (including phenoxy) is 1. The number of fused-ring (bicyclic) bond motifs is 1. The predicted molar refractivity (Wildman–Crippen MR) is 145 cm³/mol. The third-order valence-corrected chi connectivity index (χ3v) is 7.63. The summed E-state index contributed by atoms with van der Waals surface area (Å²) < 4.78 is 9.24. The number of thiazole rings is 1. The monoisotopic (exact) mass is 513 g/mol. The number of benzene rings is 2. The van der Waals surface area contributed by atoms with Gasteiger partial charge in [-0.3, -0.25) is 18.8 Å². The van der Waals surface area contributed by atoms with Gasteiger partial charge in [0, 0.05) is 24.0 Å². The molecule has 3 heterocycles. The van der Waals surface area contributed by atoms with Crippen LogP contribution in [0.2, 0.25) is 0 Å². The quantitative estimate of drug-likeness (QED) is 0.444. The van der Waals surface area contributed by atoms with Gasteiger partial charge in [0.15, 0.2) is 4.80 Å². The molecule has 1 atom stereocenters. The number of methoxy groups -OCH3 is 1. The molecule has 0 bridgehead atoms. The Balaban J connectivity index is 1.68. The van der Waals surface area contributed by atoms with Crippen LogP contribution in [-0.2, 0) is 11.8 Å². The maximum atomic E-state index is 13.8. The topological polar surface area (TPSA) is 90.5 Å². The van der Waals surface area contributed by atoms with Crippen molar-refractivity contribution >= 4 is 29.0 Å². The van der Waals surface area contributed by atoms with Crippen LogP contribution in [0.25, 0.3) is 6.08 Å². The van der Waals surface area contributed by atoms with E-state index >= 15 is 0 Å². The molecule has 8 nitrogen and oxygen atoms in total. The van der Waals surface area contributed by atoms with E-state index in [0.29, 0.717) is 32.0 Å². The van der Waals surface area contributed by atoms with Crippen LogP contribution in [0.4, 0.5) is 5.69 Å². The largest absolute Gasteiger partial charge is 0.497 e. The molecule has 0 aliphatic carbocycles. The summed E-state index contributed by atoms with van der Waals surface area (Å²) in [6.45, 7) is 5.70. The van der Waals surface area contributed by atoms with Crippen molar-refractivity contribution in [1.82, 2.24) is 14.3 Å². The Bertz CT molecular complexity index is 1720. The van der Waals surface area contributed by atoms with E-state index in [9.17, 15) is 9.59 Å². The van der Waals surface area contributed by atoms with Gasteiger partial charge in [-0.15, -0.1) is 0 Å². The van der Waals surface area contributed by atoms with Crippen molar-refractivity contribution in [1.29, 1.82) is 0 Å². The van der Waals surface area contributed by atoms with Crippen LogP contribution in [0.15, 0.2) is 75.8 Å². The van der Waals surface area contributed by atoms with Crippen molar-refractivity contribution in [3.05, 3.63) is 108 Å². The lowest BCUT2D eigenvalue weighted by molar-refractivity contribution is -0.113. The first-order valence-corrected chi connectivity index (χ1v) is 12.6. The Hall–Kier alpha value is -4.24. The van der Waals surface area contributed by atoms with E-state index in [0.717, 1.165) is 22.4 Å². The maximum absolute atomic E-state index is 13.8. The van der Waals surface area contributed by atoms with E-state index in [4.69, 9.17) is 9.73 Å². The summed E-state index contributed by atoms with van der Waals surface area (Å²) in [6.07, 6.45) is 3.57. The SMILES string of the molecule is COc1ccc([C@@H]2C(C(=O)Nc3ccccc3C)=C(C)N=c3s/c(=C/c4cnn(C)c4C)c(=O)n32)cc1. The zero-order chi connectivity index (χ0) is 26.3. The summed E-state index contributed by atoms with van der Waals surface area (Å²) in [5.74, 6) is 0.392. The number of aryl methyl sites for hydroxylation is 2. The molecular formula is C28H27N5O3S. The molecule has 9 heteroatoms. The molecule has 0 unspecified atom stereocenters. The molecule has 0 fully saturated rings. The lowest BCUT2D eigenvalue weighted by atomic mass is 9.95. The van der Waals surface area contributed by atoms with Gasteiger partial charge >= 0.3 is 0 Å². The average Bonchev–Trinajstić information content (AvgIpc) is 3.37. The predicted octanol–water partition coefficient (Wildman–Crippen LogP) is 3.23. The fourth-order valence-electron chi connectivity index (χ4n) is 4.41. The summed E-state index contributed by atoms with van der Waals surface area (Å²) in [4.78, 5) is 32.8. The molecule has 1 aliphatic heterocycles. The molecule has 0 radical (unpaired) electrons. The van der Waals surface area contributed by atoms with Gasteiger partial charge in [0.2, 0.25) is 0 Å². The minimum absolute atomic E-state index is 0.207. The number of allylic oxidation sites excluding steroid dienone is 1. The fraction of sp³-hybridized carbons (Fsp3) is 0.214. The van der Waals surface area contributed by atoms with Crippen LogP contribution in [0.3, 0.4) is 0 Å². The molecule has 188 valence electrons. The summed E-state index contributed by atoms with van der Waals surface area (Å²) in [7, 11) is 3.46. The highest BCUT2D eigenvalue weighted by Gasteiger charge is 2.32. The Morgan fingerprint density at radius 2 is 1.84 bits per heavy atom. The second-order valence-corrected chi connectivity index (χ2v) is 9.94. The molecule has 2 aromatic heterocycles. The number of para-hydroxylation sites is 1. The molecule has 5 rings (SSSR count). The summed E-state index contributed by atoms with van der Waals surface area (Å²) in [6, 6.07) is 14.4. The van der Waals surface area contributed by atoms with E-state index in [2.05, 4.69) is 10.4 Å². The standard InChI is InChI=1S/C28H27N5O3S/c1-16-8-6-7-9-22(16)31-26(34)24-17(2)30-28-33(25(24)19-10-12-21(36-5)13-11-19)27(35)23(37-28)14-20-15-29-32(4)18(20)3/h6-15,25H,1-5H3,(H,31,34)/b23-14+/t25-/m1/s1. The van der Waals surface area contributed by atoms with Crippen molar-refractivity contribution in [2.45, 2.75) is 26.8 Å². The molecule has 4 aromatic rings. The normalized spacial score (nSPS) is 15.4. The van der Waals surface area contributed by atoms with E-state index in [1.165, 1.54) is 11.3 Å². The Morgan fingerprint density at radius 3 is 2.49 bits per heavy atom. The van der Waals surface area contributed by atoms with Crippen molar-refractivity contribution < 1.29 is 9.53 Å². The number of nitrogens with one attached hydrogen (secondary N) is 1. The average molecular weight is 514 g/mol. The Morgan fingerprint density at radius 1 is 1.11 bits per heavy atom. The second-order valence-electron chi connectivity index (χ2n) is 8.93. The number of rotatable bonds is 5. The number of nitrogens with zero attached hydrogens (tertiary/aromatic N) is 4. The molecule has 0 saturated carbocycles. The zero-order valence-electron chi connectivity index (χ0n) is 21.3. The molecule has 1 amide bonds. The van der Waals surface area contributed by atoms with Crippen molar-refractivity contribution in [2.75, 3.05) is 12.4 Å². The lowest BCUT2D eigenvalue weighted by Gasteiger charge is -2.25. The number of amides is 1. The van der Waals surface area contributed by atoms with E-state index in [1.54, 1.807) is 22.6 Å². The third-order valence-electron chi connectivity index (χ3n) is 6.65. The Kier molecular flexibility index (Phi) is 6.39. The molecule has 0 spiro atoms. The first-order valence-electron chi connectivity index (χ1n) is 11.8. The van der Waals surface area contributed by atoms with Crippen molar-refractivity contribution in [3.63, 3.8) is 0 Å². The minimum Gasteiger partial charge on any atom is -0.497 e. The molecule has 2 aromatic carbocycles. The molecule has 1 aliphatic rings. The van der Waals surface area contributed by atoms with Crippen molar-refractivity contribution in [3.8, 4) is 5.75 Å². The highest BCUT2D eigenvalue weighted by atomic mass is 32.1. The molecular weight excluding hydrogens is 486 g/mol. The number of hydrogen-bond acceptors (Lipinski definition) is 6. The summed E-state index contributed by atoms with van der Waals surface area (Å²) >= 11 is 1.31. The molecule has 1 N–H and O–H groups in total. The number of carbonyl (C=O) groups is 1. The van der Waals surface area contributed by atoms with Gasteiger partial charge in [0.1, 0.15) is 5.75 Å². The van der Waals surface area contributed by atoms with Gasteiger partial charge in [-0.05, 0) is 56.2 Å². The maximum Gasteiger partial charge on any atom is 0.271 e. The van der Waals surface area contributed by atoms with Gasteiger partial charge < -0.3 is 10.1 Å². The van der Waals surface area contributed by atoms with Gasteiger partial charge in [0.25, 0.3) is 11.5 Å². The van der Waals surface area contributed by atoms with Crippen LogP contribution < -0.4 is 24.9 Å². The summed E-state index contributed by atoms with van der Waals surface area (Å²) in [5, 5.41) is 7.31. The zero-order valence-corrected chi connectivity index (χ0v) is 22.1. The van der Waals surface area contributed by atoms with Crippen molar-refractivity contribution in [2.24, 2.45) is 12.0 Å². The van der Waals surface area contributed by atoms with Gasteiger partial charge in [-0.1, -0.05) is 41.7 Å². The van der Waals surface area contributed by atoms with Crippen LogP contribution >= 0.6 is 11.3 Å². The van der Waals surface area contributed by atoms with Crippen LogP contribution in [0.1, 0.15) is 35.3 Å². The lowest BCUT2D eigenvalue weighted by Crippen LogP contribution is -2.40. The van der Waals surface area contributed by atoms with Gasteiger partial charge in [0.05, 0.1) is 35.2 Å². The third kappa shape index (κ3) is 4.42. The molecule has 0 saturated heterocycles. The van der Waals surface area contributed by atoms with E-state index < -0.39 is 6.04 Å². The first-order chi connectivity index (χ1) is 17.8. The fourth-order valence-corrected chi connectivity index (χ4v) is 5.45. The summed E-state index contributed by atoms with van der Waals surface area (Å²) in [5.41, 5.74) is 5.04. The number of hydrogen-bond donors (Lipinski definition) is 1. The highest BCUT2D eigenvalue weighted by Crippen LogP contribution is 2.32. The van der Waals surface area contributed by atoms with Gasteiger partial charge in [-0.2, -0.15) is 5.10 Å². The van der Waals surface area contributed by atoms with Crippen LogP contribution in [0.5, 0.6) is 5.75 Å². The smallest absolute Gasteiger partial charge is 0.271 e. The number of aromatic nitrogens is 3. The number of carbonyl (C=O) groups excluding carboxylic acids is 1. The minimum atomic E-state index is -0.650. The second kappa shape index (κ2) is 9.67. The van der Waals surface area contributed by atoms with E-state index in [-0.39, 0.29) is 11.5 Å². The van der Waals surface area contributed by atoms with E-state index in [1.807, 2.05) is 82.4 Å².